The lowest BCUT2D eigenvalue weighted by Crippen LogP contribution is -2.44. The number of halogens is 1. The summed E-state index contributed by atoms with van der Waals surface area (Å²) in [5.41, 5.74) is 2.60. The molecule has 8 nitrogen and oxygen atoms in total. The summed E-state index contributed by atoms with van der Waals surface area (Å²) < 4.78 is 21.4. The number of hydrogen-bond donors (Lipinski definition) is 1. The molecule has 0 aliphatic carbocycles. The number of pyridine rings is 2. The van der Waals surface area contributed by atoms with Crippen LogP contribution in [0, 0.1) is 12.7 Å². The first kappa shape index (κ1) is 23.3. The van der Waals surface area contributed by atoms with Gasteiger partial charge in [-0.1, -0.05) is 6.92 Å². The fraction of sp³-hybridized carbons (Fsp3) is 0.444. The van der Waals surface area contributed by atoms with Crippen molar-refractivity contribution in [1.82, 2.24) is 19.4 Å². The average Bonchev–Trinajstić information content (AvgIpc) is 3.23. The fourth-order valence-corrected chi connectivity index (χ4v) is 5.70. The molecule has 0 saturated carbocycles. The summed E-state index contributed by atoms with van der Waals surface area (Å²) in [6, 6.07) is 5.01. The van der Waals surface area contributed by atoms with Crippen LogP contribution in [0.25, 0.3) is 22.3 Å². The van der Waals surface area contributed by atoms with Crippen LogP contribution in [-0.4, -0.2) is 63.7 Å². The lowest BCUT2D eigenvalue weighted by molar-refractivity contribution is -0.172. The molecule has 6 rings (SSSR count). The van der Waals surface area contributed by atoms with E-state index >= 15 is 0 Å². The quantitative estimate of drug-likeness (QED) is 0.439. The minimum Gasteiger partial charge on any atom is -0.458 e. The van der Waals surface area contributed by atoms with E-state index in [-0.39, 0.29) is 30.0 Å². The predicted octanol–water partition coefficient (Wildman–Crippen LogP) is 2.27. The zero-order valence-electron chi connectivity index (χ0n) is 20.7. The van der Waals surface area contributed by atoms with Crippen molar-refractivity contribution in [3.05, 3.63) is 62.2 Å². The minimum absolute atomic E-state index is 0.0822. The van der Waals surface area contributed by atoms with Gasteiger partial charge in [-0.2, -0.15) is 0 Å². The number of carbonyl (C=O) groups is 1. The third-order valence-corrected chi connectivity index (χ3v) is 8.06. The largest absolute Gasteiger partial charge is 0.458 e. The molecule has 0 unspecified atom stereocenters. The van der Waals surface area contributed by atoms with Gasteiger partial charge in [-0.3, -0.25) is 9.69 Å². The first-order chi connectivity index (χ1) is 17.2. The highest BCUT2D eigenvalue weighted by molar-refractivity contribution is 5.89. The van der Waals surface area contributed by atoms with Gasteiger partial charge in [-0.05, 0) is 43.7 Å². The molecule has 0 bridgehead atoms. The highest BCUT2D eigenvalue weighted by Crippen LogP contribution is 2.40. The van der Waals surface area contributed by atoms with Gasteiger partial charge in [0.2, 0.25) is 0 Å². The Morgan fingerprint density at radius 1 is 1.14 bits per heavy atom. The molecule has 1 N–H and O–H groups in total. The summed E-state index contributed by atoms with van der Waals surface area (Å²) in [6.07, 6.45) is 0.0822. The van der Waals surface area contributed by atoms with E-state index in [1.165, 1.54) is 6.07 Å². The number of cyclic esters (lactones) is 1. The molecule has 2 aromatic heterocycles. The van der Waals surface area contributed by atoms with Crippen molar-refractivity contribution >= 4 is 16.9 Å². The van der Waals surface area contributed by atoms with Gasteiger partial charge in [0.15, 0.2) is 5.60 Å². The van der Waals surface area contributed by atoms with Gasteiger partial charge in [0, 0.05) is 55.3 Å². The van der Waals surface area contributed by atoms with Crippen LogP contribution >= 0.6 is 0 Å². The molecule has 3 aliphatic heterocycles. The molecule has 3 aromatic rings. The molecule has 3 aliphatic rings. The normalized spacial score (nSPS) is 21.9. The molecule has 1 atom stereocenters. The maximum Gasteiger partial charge on any atom is 0.343 e. The van der Waals surface area contributed by atoms with E-state index in [0.29, 0.717) is 41.1 Å². The van der Waals surface area contributed by atoms with Crippen molar-refractivity contribution < 1.29 is 19.0 Å². The third-order valence-electron chi connectivity index (χ3n) is 8.06. The molecule has 0 amide bonds. The summed E-state index contributed by atoms with van der Waals surface area (Å²) in [5.74, 6) is -1.08. The number of aryl methyl sites for hydroxylation is 1. The van der Waals surface area contributed by atoms with Gasteiger partial charge in [0.1, 0.15) is 12.4 Å². The Morgan fingerprint density at radius 2 is 1.89 bits per heavy atom. The van der Waals surface area contributed by atoms with Crippen LogP contribution < -0.4 is 5.56 Å². The molecular formula is C27H29FN4O4. The molecular weight excluding hydrogens is 463 g/mol. The maximum absolute atomic E-state index is 14.6. The minimum atomic E-state index is -1.88. The molecule has 36 heavy (non-hydrogen) atoms. The second-order valence-electron chi connectivity index (χ2n) is 10.2. The summed E-state index contributed by atoms with van der Waals surface area (Å²) in [4.78, 5) is 35.5. The van der Waals surface area contributed by atoms with Crippen molar-refractivity contribution in [3.8, 4) is 11.4 Å². The van der Waals surface area contributed by atoms with Gasteiger partial charge in [0.25, 0.3) is 5.56 Å². The number of aliphatic hydroxyl groups is 1. The Morgan fingerprint density at radius 3 is 2.61 bits per heavy atom. The number of carbonyl (C=O) groups excluding carboxylic acids is 1. The highest BCUT2D eigenvalue weighted by Gasteiger charge is 2.45. The van der Waals surface area contributed by atoms with Gasteiger partial charge in [0.05, 0.1) is 29.0 Å². The molecule has 188 valence electrons. The third kappa shape index (κ3) is 3.33. The Kier molecular flexibility index (Phi) is 5.30. The van der Waals surface area contributed by atoms with Gasteiger partial charge < -0.3 is 19.3 Å². The SMILES string of the molecule is CC[C@@]1(O)C(=O)OCc2c1cc1n(c2=O)Cc2c-1nc1cc(F)c(C)cc1c2CN1CCN(C)CC1. The number of likely N-dealkylation sites (N-methyl/N-ethyl adjacent to an activating group) is 1. The van der Waals surface area contributed by atoms with Crippen LogP contribution in [0.5, 0.6) is 0 Å². The Hall–Kier alpha value is -3.14. The van der Waals surface area contributed by atoms with Crippen molar-refractivity contribution in [2.24, 2.45) is 0 Å². The van der Waals surface area contributed by atoms with Crippen molar-refractivity contribution in [2.45, 2.75) is 45.6 Å². The monoisotopic (exact) mass is 492 g/mol. The summed E-state index contributed by atoms with van der Waals surface area (Å²) >= 11 is 0. The Bertz CT molecular complexity index is 1490. The molecule has 5 heterocycles. The molecule has 1 fully saturated rings. The number of ether oxygens (including phenoxy) is 1. The average molecular weight is 493 g/mol. The number of rotatable bonds is 3. The van der Waals surface area contributed by atoms with Gasteiger partial charge in [-0.15, -0.1) is 0 Å². The zero-order valence-corrected chi connectivity index (χ0v) is 20.7. The second-order valence-corrected chi connectivity index (χ2v) is 10.2. The van der Waals surface area contributed by atoms with E-state index in [9.17, 15) is 19.1 Å². The number of fused-ring (bicyclic) bond motifs is 5. The first-order valence-electron chi connectivity index (χ1n) is 12.4. The zero-order chi connectivity index (χ0) is 25.4. The summed E-state index contributed by atoms with van der Waals surface area (Å²) in [5, 5.41) is 12.0. The van der Waals surface area contributed by atoms with Crippen molar-refractivity contribution in [2.75, 3.05) is 33.2 Å². The Labute approximate surface area is 207 Å². The van der Waals surface area contributed by atoms with Crippen LogP contribution in [-0.2, 0) is 34.8 Å². The van der Waals surface area contributed by atoms with E-state index in [0.717, 1.165) is 42.7 Å². The topological polar surface area (TPSA) is 87.9 Å². The van der Waals surface area contributed by atoms with Crippen LogP contribution in [0.2, 0.25) is 0 Å². The van der Waals surface area contributed by atoms with Crippen molar-refractivity contribution in [3.63, 3.8) is 0 Å². The second kappa shape index (κ2) is 8.19. The molecule has 1 aromatic carbocycles. The number of nitrogens with zero attached hydrogens (tertiary/aromatic N) is 4. The van der Waals surface area contributed by atoms with E-state index in [1.807, 2.05) is 6.07 Å². The lowest BCUT2D eigenvalue weighted by Gasteiger charge is -2.33. The van der Waals surface area contributed by atoms with Crippen molar-refractivity contribution in [1.29, 1.82) is 0 Å². The molecule has 0 spiro atoms. The van der Waals surface area contributed by atoms with Crippen LogP contribution in [0.3, 0.4) is 0 Å². The molecule has 1 saturated heterocycles. The lowest BCUT2D eigenvalue weighted by atomic mass is 9.86. The smallest absolute Gasteiger partial charge is 0.343 e. The van der Waals surface area contributed by atoms with E-state index in [4.69, 9.17) is 9.72 Å². The predicted molar refractivity (Wildman–Crippen MR) is 132 cm³/mol. The van der Waals surface area contributed by atoms with Crippen LogP contribution in [0.1, 0.15) is 41.2 Å². The molecule has 9 heteroatoms. The summed E-state index contributed by atoms with van der Waals surface area (Å²) in [6.45, 7) is 8.03. The number of benzene rings is 1. The van der Waals surface area contributed by atoms with Crippen LogP contribution in [0.15, 0.2) is 23.0 Å². The maximum atomic E-state index is 14.6. The van der Waals surface area contributed by atoms with Gasteiger partial charge in [-0.25, -0.2) is 14.2 Å². The first-order valence-corrected chi connectivity index (χ1v) is 12.4. The van der Waals surface area contributed by atoms with Gasteiger partial charge >= 0.3 is 5.97 Å². The number of aromatic nitrogens is 2. The molecule has 0 radical (unpaired) electrons. The fourth-order valence-electron chi connectivity index (χ4n) is 5.70. The highest BCUT2D eigenvalue weighted by atomic mass is 19.1. The Balaban J connectivity index is 1.57. The standard InChI is InChI=1S/C27H29FN4O4/c1-4-27(35)20-10-23-24-18(13-32(23)25(33)19(20)14-36-26(27)34)17(12-31-7-5-30(3)6-8-31)16-9-15(2)21(28)11-22(16)29-24/h9-11,35H,4-8,12-14H2,1-3H3/t27-/m0/s1. The van der Waals surface area contributed by atoms with E-state index < -0.39 is 11.6 Å². The number of hydrogen-bond acceptors (Lipinski definition) is 7. The number of esters is 1. The summed E-state index contributed by atoms with van der Waals surface area (Å²) in [7, 11) is 2.11. The van der Waals surface area contributed by atoms with Crippen LogP contribution in [0.4, 0.5) is 4.39 Å². The van der Waals surface area contributed by atoms with E-state index in [1.54, 1.807) is 24.5 Å². The van der Waals surface area contributed by atoms with E-state index in [2.05, 4.69) is 16.8 Å². The number of piperazine rings is 1.